The third kappa shape index (κ3) is 5.50. The van der Waals surface area contributed by atoms with Crippen molar-refractivity contribution in [2.75, 3.05) is 26.2 Å². The van der Waals surface area contributed by atoms with Crippen LogP contribution in [0.15, 0.2) is 4.99 Å². The van der Waals surface area contributed by atoms with Gasteiger partial charge in [-0.2, -0.15) is 0 Å². The van der Waals surface area contributed by atoms with Gasteiger partial charge in [-0.15, -0.1) is 0 Å². The van der Waals surface area contributed by atoms with E-state index in [-0.39, 0.29) is 6.09 Å². The normalized spacial score (nSPS) is 26.4. The maximum atomic E-state index is 12.1. The first kappa shape index (κ1) is 17.1. The number of amidine groups is 1. The second kappa shape index (κ2) is 7.34. The summed E-state index contributed by atoms with van der Waals surface area (Å²) in [7, 11) is 0. The summed E-state index contributed by atoms with van der Waals surface area (Å²) < 4.78 is 5.44. The third-order valence-electron chi connectivity index (χ3n) is 4.40. The monoisotopic (exact) mass is 309 g/mol. The molecule has 0 aromatic rings. The molecule has 22 heavy (non-hydrogen) atoms. The van der Waals surface area contributed by atoms with E-state index in [1.807, 2.05) is 20.8 Å². The summed E-state index contributed by atoms with van der Waals surface area (Å²) in [4.78, 5) is 18.4. The van der Waals surface area contributed by atoms with E-state index in [1.165, 1.54) is 25.7 Å². The van der Waals surface area contributed by atoms with Crippen LogP contribution in [0, 0.1) is 11.8 Å². The SMILES string of the molecule is CC1CCC(CNC2=NCCN(C(=O)OC(C)(C)C)C2)CC1. The van der Waals surface area contributed by atoms with Gasteiger partial charge in [-0.05, 0) is 45.4 Å². The number of hydrogen-bond donors (Lipinski definition) is 1. The molecule has 1 fully saturated rings. The summed E-state index contributed by atoms with van der Waals surface area (Å²) >= 11 is 0. The molecule has 1 saturated carbocycles. The number of carbonyl (C=O) groups excluding carboxylic acids is 1. The summed E-state index contributed by atoms with van der Waals surface area (Å²) in [5.74, 6) is 2.55. The zero-order valence-electron chi connectivity index (χ0n) is 14.5. The van der Waals surface area contributed by atoms with Crippen LogP contribution in [0.4, 0.5) is 4.79 Å². The summed E-state index contributed by atoms with van der Waals surface area (Å²) in [6, 6.07) is 0. The number of hydrogen-bond acceptors (Lipinski definition) is 4. The molecule has 0 aromatic heterocycles. The van der Waals surface area contributed by atoms with Gasteiger partial charge in [0.25, 0.3) is 0 Å². The Kier molecular flexibility index (Phi) is 5.70. The van der Waals surface area contributed by atoms with Crippen LogP contribution < -0.4 is 5.32 Å². The van der Waals surface area contributed by atoms with Crippen molar-refractivity contribution in [2.24, 2.45) is 16.8 Å². The molecular formula is C17H31N3O2. The van der Waals surface area contributed by atoms with Crippen molar-refractivity contribution in [3.63, 3.8) is 0 Å². The summed E-state index contributed by atoms with van der Waals surface area (Å²) in [6.45, 7) is 10.8. The Labute approximate surface area is 134 Å². The largest absolute Gasteiger partial charge is 0.444 e. The Bertz CT molecular complexity index is 407. The second-order valence-electron chi connectivity index (χ2n) is 7.74. The Hall–Kier alpha value is -1.26. The number of ether oxygens (including phenoxy) is 1. The average Bonchev–Trinajstić information content (AvgIpc) is 2.45. The zero-order chi connectivity index (χ0) is 16.2. The van der Waals surface area contributed by atoms with Crippen LogP contribution in [-0.2, 0) is 4.74 Å². The summed E-state index contributed by atoms with van der Waals surface area (Å²) in [6.07, 6.45) is 5.04. The Morgan fingerprint density at radius 3 is 2.64 bits per heavy atom. The minimum atomic E-state index is -0.446. The molecule has 0 spiro atoms. The lowest BCUT2D eigenvalue weighted by Crippen LogP contribution is -2.48. The quantitative estimate of drug-likeness (QED) is 0.853. The number of amides is 1. The van der Waals surface area contributed by atoms with Gasteiger partial charge in [0.1, 0.15) is 11.4 Å². The van der Waals surface area contributed by atoms with Gasteiger partial charge in [0.05, 0.1) is 13.1 Å². The fourth-order valence-corrected chi connectivity index (χ4v) is 3.01. The number of aliphatic imine (C=N–C) groups is 1. The van der Waals surface area contributed by atoms with Crippen molar-refractivity contribution < 1.29 is 9.53 Å². The van der Waals surface area contributed by atoms with E-state index in [1.54, 1.807) is 4.90 Å². The van der Waals surface area contributed by atoms with Gasteiger partial charge in [0, 0.05) is 13.1 Å². The maximum Gasteiger partial charge on any atom is 0.410 e. The fourth-order valence-electron chi connectivity index (χ4n) is 3.01. The Morgan fingerprint density at radius 1 is 1.32 bits per heavy atom. The number of nitrogens with one attached hydrogen (secondary N) is 1. The molecule has 0 bridgehead atoms. The Balaban J connectivity index is 1.76. The van der Waals surface area contributed by atoms with Crippen molar-refractivity contribution in [1.29, 1.82) is 0 Å². The molecule has 0 atom stereocenters. The highest BCUT2D eigenvalue weighted by Gasteiger charge is 2.25. The molecular weight excluding hydrogens is 278 g/mol. The molecule has 1 aliphatic heterocycles. The highest BCUT2D eigenvalue weighted by atomic mass is 16.6. The van der Waals surface area contributed by atoms with Crippen molar-refractivity contribution in [3.05, 3.63) is 0 Å². The third-order valence-corrected chi connectivity index (χ3v) is 4.40. The molecule has 0 radical (unpaired) electrons. The lowest BCUT2D eigenvalue weighted by atomic mass is 9.83. The van der Waals surface area contributed by atoms with Crippen molar-refractivity contribution in [1.82, 2.24) is 10.2 Å². The molecule has 0 aromatic carbocycles. The molecule has 0 unspecified atom stereocenters. The summed E-state index contributed by atoms with van der Waals surface area (Å²) in [5.41, 5.74) is -0.446. The van der Waals surface area contributed by atoms with E-state index >= 15 is 0 Å². The highest BCUT2D eigenvalue weighted by molar-refractivity contribution is 5.87. The topological polar surface area (TPSA) is 53.9 Å². The minimum absolute atomic E-state index is 0.242. The molecule has 2 aliphatic rings. The first-order valence-electron chi connectivity index (χ1n) is 8.58. The van der Waals surface area contributed by atoms with E-state index in [9.17, 15) is 4.79 Å². The van der Waals surface area contributed by atoms with Crippen LogP contribution in [0.5, 0.6) is 0 Å². The number of rotatable bonds is 2. The molecule has 1 heterocycles. The maximum absolute atomic E-state index is 12.1. The van der Waals surface area contributed by atoms with Gasteiger partial charge in [-0.3, -0.25) is 9.89 Å². The first-order chi connectivity index (χ1) is 10.3. The fraction of sp³-hybridized carbons (Fsp3) is 0.882. The first-order valence-corrected chi connectivity index (χ1v) is 8.58. The van der Waals surface area contributed by atoms with Crippen LogP contribution in [0.1, 0.15) is 53.4 Å². The van der Waals surface area contributed by atoms with E-state index in [4.69, 9.17) is 4.74 Å². The van der Waals surface area contributed by atoms with Crippen LogP contribution in [-0.4, -0.2) is 48.6 Å². The smallest absolute Gasteiger partial charge is 0.410 e. The van der Waals surface area contributed by atoms with Gasteiger partial charge in [-0.25, -0.2) is 4.79 Å². The number of carbonyl (C=O) groups is 1. The van der Waals surface area contributed by atoms with Gasteiger partial charge >= 0.3 is 6.09 Å². The van der Waals surface area contributed by atoms with Crippen molar-refractivity contribution >= 4 is 11.9 Å². The molecule has 2 rings (SSSR count). The molecule has 0 saturated heterocycles. The predicted octanol–water partition coefficient (Wildman–Crippen LogP) is 3.05. The van der Waals surface area contributed by atoms with E-state index < -0.39 is 5.60 Å². The number of nitrogens with zero attached hydrogens (tertiary/aromatic N) is 2. The second-order valence-corrected chi connectivity index (χ2v) is 7.74. The van der Waals surface area contributed by atoms with Crippen molar-refractivity contribution in [2.45, 2.75) is 59.0 Å². The van der Waals surface area contributed by atoms with Gasteiger partial charge in [-0.1, -0.05) is 19.8 Å². The lowest BCUT2D eigenvalue weighted by molar-refractivity contribution is 0.0276. The molecule has 5 nitrogen and oxygen atoms in total. The van der Waals surface area contributed by atoms with Crippen molar-refractivity contribution in [3.8, 4) is 0 Å². The Morgan fingerprint density at radius 2 is 2.00 bits per heavy atom. The van der Waals surface area contributed by atoms with Gasteiger partial charge < -0.3 is 10.1 Å². The van der Waals surface area contributed by atoms with E-state index in [0.717, 1.165) is 24.2 Å². The van der Waals surface area contributed by atoms with Gasteiger partial charge in [0.15, 0.2) is 0 Å². The molecule has 1 aliphatic carbocycles. The zero-order valence-corrected chi connectivity index (χ0v) is 14.5. The standard InChI is InChI=1S/C17H31N3O2/c1-13-5-7-14(8-6-13)11-19-15-12-20(10-9-18-15)16(21)22-17(2,3)4/h13-14H,5-12H2,1-4H3,(H,18,19). The summed E-state index contributed by atoms with van der Waals surface area (Å²) in [5, 5.41) is 3.45. The molecule has 1 N–H and O–H groups in total. The average molecular weight is 309 g/mol. The minimum Gasteiger partial charge on any atom is -0.444 e. The predicted molar refractivity (Wildman–Crippen MR) is 89.2 cm³/mol. The van der Waals surface area contributed by atoms with Crippen LogP contribution in [0.2, 0.25) is 0 Å². The molecule has 1 amide bonds. The van der Waals surface area contributed by atoms with Crippen LogP contribution in [0.3, 0.4) is 0 Å². The van der Waals surface area contributed by atoms with Crippen LogP contribution in [0.25, 0.3) is 0 Å². The van der Waals surface area contributed by atoms with Gasteiger partial charge in [0.2, 0.25) is 0 Å². The van der Waals surface area contributed by atoms with E-state index in [0.29, 0.717) is 19.6 Å². The van der Waals surface area contributed by atoms with Crippen LogP contribution >= 0.6 is 0 Å². The lowest BCUT2D eigenvalue weighted by Gasteiger charge is -2.31. The highest BCUT2D eigenvalue weighted by Crippen LogP contribution is 2.27. The molecule has 126 valence electrons. The molecule has 5 heteroatoms. The van der Waals surface area contributed by atoms with E-state index in [2.05, 4.69) is 17.2 Å².